The number of hydrogen-bond donors (Lipinski definition) is 2. The molecule has 2 aromatic heterocycles. The fourth-order valence-corrected chi connectivity index (χ4v) is 4.29. The van der Waals surface area contributed by atoms with Crippen LogP contribution in [0.1, 0.15) is 5.69 Å². The van der Waals surface area contributed by atoms with Crippen LogP contribution in [0.2, 0.25) is 10.0 Å². The van der Waals surface area contributed by atoms with Crippen LogP contribution in [0.3, 0.4) is 0 Å². The molecule has 1 aromatic carbocycles. The minimum atomic E-state index is -3.96. The molecule has 0 saturated heterocycles. The Balaban J connectivity index is 1.73. The van der Waals surface area contributed by atoms with Gasteiger partial charge in [-0.1, -0.05) is 29.3 Å². The average molecular weight is 512 g/mol. The number of pyridine rings is 1. The van der Waals surface area contributed by atoms with Gasteiger partial charge in [0, 0.05) is 30.5 Å². The zero-order valence-corrected chi connectivity index (χ0v) is 19.6. The minimum Gasteiger partial charge on any atom is -0.495 e. The number of halogens is 2. The number of ether oxygens (including phenoxy) is 1. The quantitative estimate of drug-likeness (QED) is 0.449. The van der Waals surface area contributed by atoms with Gasteiger partial charge in [0.15, 0.2) is 0 Å². The van der Waals surface area contributed by atoms with Crippen molar-refractivity contribution in [3.63, 3.8) is 0 Å². The Bertz CT molecular complexity index is 1320. The maximum atomic E-state index is 12.8. The molecule has 0 unspecified atom stereocenters. The highest BCUT2D eigenvalue weighted by atomic mass is 35.5. The number of hydrogen-bond acceptors (Lipinski definition) is 7. The van der Waals surface area contributed by atoms with Crippen LogP contribution in [-0.2, 0) is 27.8 Å². The largest absolute Gasteiger partial charge is 0.495 e. The topological polar surface area (TPSA) is 132 Å². The summed E-state index contributed by atoms with van der Waals surface area (Å²) in [5, 5.41) is 6.00. The molecule has 0 radical (unpaired) electrons. The number of aromatic nitrogens is 3. The smallest absolute Gasteiger partial charge is 0.287 e. The molecule has 0 bridgehead atoms. The van der Waals surface area contributed by atoms with Crippen molar-refractivity contribution in [2.75, 3.05) is 19.0 Å². The molecule has 0 aliphatic rings. The molecule has 0 atom stereocenters. The van der Waals surface area contributed by atoms with Crippen LogP contribution in [-0.4, -0.2) is 42.7 Å². The highest BCUT2D eigenvalue weighted by Crippen LogP contribution is 2.27. The Morgan fingerprint density at radius 3 is 2.70 bits per heavy atom. The van der Waals surface area contributed by atoms with Gasteiger partial charge in [-0.3, -0.25) is 14.6 Å². The van der Waals surface area contributed by atoms with Gasteiger partial charge in [0.1, 0.15) is 22.2 Å². The summed E-state index contributed by atoms with van der Waals surface area (Å²) < 4.78 is 34.2. The highest BCUT2D eigenvalue weighted by Gasteiger charge is 2.21. The van der Waals surface area contributed by atoms with E-state index in [9.17, 15) is 18.0 Å². The number of anilines is 1. The summed E-state index contributed by atoms with van der Waals surface area (Å²) >= 11 is 11.5. The van der Waals surface area contributed by atoms with Gasteiger partial charge in [-0.05, 0) is 30.3 Å². The molecule has 0 aliphatic carbocycles. The Morgan fingerprint density at radius 2 is 2.00 bits per heavy atom. The number of nitrogens with one attached hydrogen (secondary N) is 2. The standard InChI is InChI=1S/C20H19Cl2N5O5S/c1-32-16-6-5-14(26-18(28)12-27-20(29)19(22)15(21)11-24-27)10-17(16)33(30,31)25-9-7-13-4-2-3-8-23-13/h2-6,8,10-11,25H,7,9,12H2,1H3,(H,26,28). The van der Waals surface area contributed by atoms with E-state index in [0.717, 1.165) is 16.6 Å². The third-order valence-electron chi connectivity index (χ3n) is 4.37. The predicted octanol–water partition coefficient (Wildman–Crippen LogP) is 2.11. The summed E-state index contributed by atoms with van der Waals surface area (Å²) in [5.41, 5.74) is 0.188. The number of rotatable bonds is 9. The molecular weight excluding hydrogens is 493 g/mol. The minimum absolute atomic E-state index is 0.0288. The molecule has 174 valence electrons. The Kier molecular flexibility index (Phi) is 8.03. The van der Waals surface area contributed by atoms with Crippen molar-refractivity contribution in [2.24, 2.45) is 0 Å². The lowest BCUT2D eigenvalue weighted by Gasteiger charge is -2.13. The first-order chi connectivity index (χ1) is 15.7. The second-order valence-electron chi connectivity index (χ2n) is 6.65. The number of nitrogens with zero attached hydrogens (tertiary/aromatic N) is 3. The molecule has 13 heteroatoms. The Hall–Kier alpha value is -2.99. The zero-order valence-electron chi connectivity index (χ0n) is 17.3. The van der Waals surface area contributed by atoms with E-state index in [1.54, 1.807) is 18.3 Å². The summed E-state index contributed by atoms with van der Waals surface area (Å²) in [6.07, 6.45) is 3.16. The lowest BCUT2D eigenvalue weighted by atomic mass is 10.3. The van der Waals surface area contributed by atoms with E-state index in [4.69, 9.17) is 27.9 Å². The van der Waals surface area contributed by atoms with Gasteiger partial charge in [-0.25, -0.2) is 17.8 Å². The van der Waals surface area contributed by atoms with Crippen molar-refractivity contribution < 1.29 is 17.9 Å². The van der Waals surface area contributed by atoms with Crippen LogP contribution in [0.4, 0.5) is 5.69 Å². The van der Waals surface area contributed by atoms with Crippen molar-refractivity contribution in [3.8, 4) is 5.75 Å². The van der Waals surface area contributed by atoms with E-state index in [-0.39, 0.29) is 32.9 Å². The van der Waals surface area contributed by atoms with Gasteiger partial charge >= 0.3 is 0 Å². The summed E-state index contributed by atoms with van der Waals surface area (Å²) in [7, 11) is -2.63. The van der Waals surface area contributed by atoms with E-state index in [1.165, 1.54) is 25.3 Å². The molecule has 2 heterocycles. The van der Waals surface area contributed by atoms with Gasteiger partial charge in [-0.15, -0.1) is 0 Å². The van der Waals surface area contributed by atoms with Crippen molar-refractivity contribution in [1.29, 1.82) is 0 Å². The number of benzene rings is 1. The number of carbonyl (C=O) groups excluding carboxylic acids is 1. The third-order valence-corrected chi connectivity index (χ3v) is 6.60. The maximum absolute atomic E-state index is 12.8. The molecule has 1 amide bonds. The summed E-state index contributed by atoms with van der Waals surface area (Å²) in [5.74, 6) is -0.527. The number of sulfonamides is 1. The summed E-state index contributed by atoms with van der Waals surface area (Å²) in [6, 6.07) is 9.51. The van der Waals surface area contributed by atoms with Crippen molar-refractivity contribution in [2.45, 2.75) is 17.9 Å². The molecule has 0 saturated carbocycles. The first-order valence-corrected chi connectivity index (χ1v) is 11.7. The Labute approximate surface area is 199 Å². The number of carbonyl (C=O) groups is 1. The van der Waals surface area contributed by atoms with Crippen molar-refractivity contribution in [3.05, 3.63) is 74.9 Å². The van der Waals surface area contributed by atoms with E-state index < -0.39 is 28.0 Å². The van der Waals surface area contributed by atoms with Crippen molar-refractivity contribution >= 4 is 44.8 Å². The SMILES string of the molecule is COc1ccc(NC(=O)Cn2ncc(Cl)c(Cl)c2=O)cc1S(=O)(=O)NCCc1ccccn1. The van der Waals surface area contributed by atoms with Crippen molar-refractivity contribution in [1.82, 2.24) is 19.5 Å². The van der Waals surface area contributed by atoms with Gasteiger partial charge in [0.2, 0.25) is 15.9 Å². The molecule has 0 spiro atoms. The molecule has 3 aromatic rings. The second-order valence-corrected chi connectivity index (χ2v) is 9.17. The van der Waals surface area contributed by atoms with E-state index in [0.29, 0.717) is 6.42 Å². The molecule has 33 heavy (non-hydrogen) atoms. The normalized spacial score (nSPS) is 11.2. The molecule has 10 nitrogen and oxygen atoms in total. The highest BCUT2D eigenvalue weighted by molar-refractivity contribution is 7.89. The lowest BCUT2D eigenvalue weighted by molar-refractivity contribution is -0.117. The number of amides is 1. The molecule has 0 fully saturated rings. The maximum Gasteiger partial charge on any atom is 0.287 e. The van der Waals surface area contributed by atoms with Crippen LogP contribution >= 0.6 is 23.2 Å². The first-order valence-electron chi connectivity index (χ1n) is 9.50. The van der Waals surface area contributed by atoms with Crippen LogP contribution < -0.4 is 20.3 Å². The third kappa shape index (κ3) is 6.29. The van der Waals surface area contributed by atoms with E-state index >= 15 is 0 Å². The Morgan fingerprint density at radius 1 is 1.21 bits per heavy atom. The van der Waals surface area contributed by atoms with Gasteiger partial charge in [0.25, 0.3) is 5.56 Å². The van der Waals surface area contributed by atoms with Gasteiger partial charge in [0.05, 0.1) is 18.3 Å². The fraction of sp³-hybridized carbons (Fsp3) is 0.200. The van der Waals surface area contributed by atoms with Crippen LogP contribution in [0.25, 0.3) is 0 Å². The molecular formula is C20H19Cl2N5O5S. The van der Waals surface area contributed by atoms with E-state index in [2.05, 4.69) is 20.1 Å². The number of methoxy groups -OCH3 is 1. The predicted molar refractivity (Wildman–Crippen MR) is 123 cm³/mol. The summed E-state index contributed by atoms with van der Waals surface area (Å²) in [4.78, 5) is 28.4. The lowest BCUT2D eigenvalue weighted by Crippen LogP contribution is -2.30. The monoisotopic (exact) mass is 511 g/mol. The van der Waals surface area contributed by atoms with Gasteiger partial charge in [-0.2, -0.15) is 5.10 Å². The van der Waals surface area contributed by atoms with Crippen LogP contribution in [0.15, 0.2) is 58.5 Å². The average Bonchev–Trinajstić information content (AvgIpc) is 2.80. The molecule has 3 rings (SSSR count). The summed E-state index contributed by atoms with van der Waals surface area (Å²) in [6.45, 7) is -0.336. The van der Waals surface area contributed by atoms with Crippen LogP contribution in [0.5, 0.6) is 5.75 Å². The fourth-order valence-electron chi connectivity index (χ4n) is 2.80. The van der Waals surface area contributed by atoms with E-state index in [1.807, 2.05) is 6.07 Å². The first kappa shape index (κ1) is 24.6. The zero-order chi connectivity index (χ0) is 24.0. The van der Waals surface area contributed by atoms with Gasteiger partial charge < -0.3 is 10.1 Å². The van der Waals surface area contributed by atoms with Crippen LogP contribution in [0, 0.1) is 0 Å². The second kappa shape index (κ2) is 10.8. The molecule has 0 aliphatic heterocycles. The molecule has 2 N–H and O–H groups in total.